The Kier molecular flexibility index (Phi) is 4.93. The Morgan fingerprint density at radius 3 is 2.89 bits per heavy atom. The number of anilines is 1. The highest BCUT2D eigenvalue weighted by Crippen LogP contribution is 2.25. The van der Waals surface area contributed by atoms with E-state index in [9.17, 15) is 0 Å². The van der Waals surface area contributed by atoms with Gasteiger partial charge < -0.3 is 5.32 Å². The second kappa shape index (κ2) is 6.69. The summed E-state index contributed by atoms with van der Waals surface area (Å²) in [5, 5.41) is 4.47. The molecule has 0 spiro atoms. The highest BCUT2D eigenvalue weighted by atomic mass is 79.9. The number of hydrogen-bond donors (Lipinski definition) is 1. The average Bonchev–Trinajstić information content (AvgIpc) is 2.39. The van der Waals surface area contributed by atoms with Crippen molar-refractivity contribution < 1.29 is 0 Å². The van der Waals surface area contributed by atoms with E-state index in [-0.39, 0.29) is 0 Å². The molecule has 1 aromatic carbocycles. The molecule has 0 aliphatic heterocycles. The van der Waals surface area contributed by atoms with Crippen molar-refractivity contribution in [3.63, 3.8) is 0 Å². The van der Waals surface area contributed by atoms with E-state index in [0.717, 1.165) is 27.7 Å². The molecule has 0 saturated heterocycles. The van der Waals surface area contributed by atoms with Gasteiger partial charge in [-0.05, 0) is 34.5 Å². The molecule has 0 saturated carbocycles. The molecule has 0 aliphatic carbocycles. The van der Waals surface area contributed by atoms with E-state index in [1.807, 2.05) is 12.1 Å². The molecule has 0 unspecified atom stereocenters. The first-order valence-electron chi connectivity index (χ1n) is 6.46. The fourth-order valence-corrected chi connectivity index (χ4v) is 2.42. The molecule has 2 aromatic rings. The van der Waals surface area contributed by atoms with Crippen molar-refractivity contribution in [2.24, 2.45) is 0 Å². The lowest BCUT2D eigenvalue weighted by atomic mass is 10.2. The molecule has 0 bridgehead atoms. The van der Waals surface area contributed by atoms with Gasteiger partial charge in [-0.15, -0.1) is 0 Å². The van der Waals surface area contributed by atoms with Crippen LogP contribution < -0.4 is 5.32 Å². The SMILES string of the molecule is CCCCCCNc1ncnc2c(Br)cccc12. The molecule has 96 valence electrons. The fraction of sp³-hybridized carbons (Fsp3) is 0.429. The van der Waals surface area contributed by atoms with Crippen LogP contribution in [0.3, 0.4) is 0 Å². The van der Waals surface area contributed by atoms with Crippen molar-refractivity contribution in [2.45, 2.75) is 32.6 Å². The quantitative estimate of drug-likeness (QED) is 0.805. The van der Waals surface area contributed by atoms with E-state index >= 15 is 0 Å². The van der Waals surface area contributed by atoms with Gasteiger partial charge in [-0.25, -0.2) is 9.97 Å². The van der Waals surface area contributed by atoms with E-state index in [1.54, 1.807) is 6.33 Å². The number of rotatable bonds is 6. The zero-order chi connectivity index (χ0) is 12.8. The normalized spacial score (nSPS) is 10.8. The maximum absolute atomic E-state index is 4.32. The van der Waals surface area contributed by atoms with E-state index in [0.29, 0.717) is 0 Å². The van der Waals surface area contributed by atoms with Gasteiger partial charge >= 0.3 is 0 Å². The highest BCUT2D eigenvalue weighted by molar-refractivity contribution is 9.10. The van der Waals surface area contributed by atoms with Gasteiger partial charge in [0.2, 0.25) is 0 Å². The number of nitrogens with one attached hydrogen (secondary N) is 1. The number of aromatic nitrogens is 2. The van der Waals surface area contributed by atoms with Gasteiger partial charge in [0.25, 0.3) is 0 Å². The minimum Gasteiger partial charge on any atom is -0.369 e. The van der Waals surface area contributed by atoms with Gasteiger partial charge in [-0.2, -0.15) is 0 Å². The lowest BCUT2D eigenvalue weighted by Gasteiger charge is -2.08. The molecule has 0 aliphatic rings. The molecule has 0 atom stereocenters. The van der Waals surface area contributed by atoms with Crippen LogP contribution in [0.1, 0.15) is 32.6 Å². The summed E-state index contributed by atoms with van der Waals surface area (Å²) in [6.45, 7) is 3.20. The summed E-state index contributed by atoms with van der Waals surface area (Å²) in [5.74, 6) is 0.929. The Bertz CT molecular complexity index is 513. The molecule has 0 fully saturated rings. The Balaban J connectivity index is 2.07. The second-order valence-electron chi connectivity index (χ2n) is 4.35. The van der Waals surface area contributed by atoms with Gasteiger partial charge in [0.05, 0.1) is 5.52 Å². The maximum atomic E-state index is 4.32. The molecule has 18 heavy (non-hydrogen) atoms. The van der Waals surface area contributed by atoms with E-state index < -0.39 is 0 Å². The van der Waals surface area contributed by atoms with Crippen LogP contribution in [0.25, 0.3) is 10.9 Å². The van der Waals surface area contributed by atoms with Crippen LogP contribution in [0.5, 0.6) is 0 Å². The number of unbranched alkanes of at least 4 members (excludes halogenated alkanes) is 3. The number of halogens is 1. The molecular weight excluding hydrogens is 290 g/mol. The Labute approximate surface area is 116 Å². The Morgan fingerprint density at radius 1 is 1.17 bits per heavy atom. The van der Waals surface area contributed by atoms with Crippen molar-refractivity contribution in [1.82, 2.24) is 9.97 Å². The topological polar surface area (TPSA) is 37.8 Å². The van der Waals surface area contributed by atoms with Gasteiger partial charge in [0.1, 0.15) is 12.1 Å². The smallest absolute Gasteiger partial charge is 0.137 e. The summed E-state index contributed by atoms with van der Waals surface area (Å²) >= 11 is 3.52. The van der Waals surface area contributed by atoms with E-state index in [4.69, 9.17) is 0 Å². The first kappa shape index (κ1) is 13.3. The third-order valence-corrected chi connectivity index (χ3v) is 3.58. The minimum atomic E-state index is 0.929. The highest BCUT2D eigenvalue weighted by Gasteiger charge is 2.04. The Hall–Kier alpha value is -1.16. The lowest BCUT2D eigenvalue weighted by molar-refractivity contribution is 0.684. The third-order valence-electron chi connectivity index (χ3n) is 2.94. The number of hydrogen-bond acceptors (Lipinski definition) is 3. The standard InChI is InChI=1S/C14H18BrN3/c1-2-3-4-5-9-16-14-11-7-6-8-12(15)13(11)17-10-18-14/h6-8,10H,2-5,9H2,1H3,(H,16,17,18). The number of para-hydroxylation sites is 1. The summed E-state index contributed by atoms with van der Waals surface area (Å²) in [7, 11) is 0. The Morgan fingerprint density at radius 2 is 2.06 bits per heavy atom. The van der Waals surface area contributed by atoms with E-state index in [2.05, 4.69) is 44.2 Å². The van der Waals surface area contributed by atoms with Crippen molar-refractivity contribution in [3.8, 4) is 0 Å². The summed E-state index contributed by atoms with van der Waals surface area (Å²) in [5.41, 5.74) is 0.962. The van der Waals surface area contributed by atoms with Crippen LogP contribution >= 0.6 is 15.9 Å². The summed E-state index contributed by atoms with van der Waals surface area (Å²) < 4.78 is 1.01. The molecule has 0 radical (unpaired) electrons. The molecule has 1 N–H and O–H groups in total. The van der Waals surface area contributed by atoms with Crippen molar-refractivity contribution >= 4 is 32.7 Å². The predicted octanol–water partition coefficient (Wildman–Crippen LogP) is 4.38. The van der Waals surface area contributed by atoms with Gasteiger partial charge in [-0.1, -0.05) is 32.3 Å². The molecule has 1 aromatic heterocycles. The van der Waals surface area contributed by atoms with Crippen LogP contribution in [0.15, 0.2) is 29.0 Å². The summed E-state index contributed by atoms with van der Waals surface area (Å²) in [4.78, 5) is 8.62. The fourth-order valence-electron chi connectivity index (χ4n) is 1.95. The average molecular weight is 308 g/mol. The van der Waals surface area contributed by atoms with Crippen LogP contribution in [0.2, 0.25) is 0 Å². The monoisotopic (exact) mass is 307 g/mol. The van der Waals surface area contributed by atoms with Crippen molar-refractivity contribution in [2.75, 3.05) is 11.9 Å². The zero-order valence-corrected chi connectivity index (χ0v) is 12.2. The molecule has 4 heteroatoms. The number of nitrogens with zero attached hydrogens (tertiary/aromatic N) is 2. The van der Waals surface area contributed by atoms with Crippen LogP contribution in [0.4, 0.5) is 5.82 Å². The number of fused-ring (bicyclic) bond motifs is 1. The largest absolute Gasteiger partial charge is 0.369 e. The maximum Gasteiger partial charge on any atom is 0.137 e. The predicted molar refractivity (Wildman–Crippen MR) is 79.9 cm³/mol. The minimum absolute atomic E-state index is 0.929. The summed E-state index contributed by atoms with van der Waals surface area (Å²) in [6, 6.07) is 6.06. The molecule has 2 rings (SSSR count). The van der Waals surface area contributed by atoms with Gasteiger partial charge in [0.15, 0.2) is 0 Å². The first-order chi connectivity index (χ1) is 8.83. The first-order valence-corrected chi connectivity index (χ1v) is 7.25. The van der Waals surface area contributed by atoms with Crippen LogP contribution in [0, 0.1) is 0 Å². The van der Waals surface area contributed by atoms with Crippen molar-refractivity contribution in [3.05, 3.63) is 29.0 Å². The van der Waals surface area contributed by atoms with Gasteiger partial charge in [-0.3, -0.25) is 0 Å². The molecule has 3 nitrogen and oxygen atoms in total. The lowest BCUT2D eigenvalue weighted by Crippen LogP contribution is -2.04. The second-order valence-corrected chi connectivity index (χ2v) is 5.20. The summed E-state index contributed by atoms with van der Waals surface area (Å²) in [6.07, 6.45) is 6.64. The molecular formula is C14H18BrN3. The van der Waals surface area contributed by atoms with Crippen LogP contribution in [-0.2, 0) is 0 Å². The van der Waals surface area contributed by atoms with Crippen molar-refractivity contribution in [1.29, 1.82) is 0 Å². The zero-order valence-electron chi connectivity index (χ0n) is 10.6. The third kappa shape index (κ3) is 3.19. The molecule has 0 amide bonds. The number of benzene rings is 1. The van der Waals surface area contributed by atoms with Crippen LogP contribution in [-0.4, -0.2) is 16.5 Å². The van der Waals surface area contributed by atoms with E-state index in [1.165, 1.54) is 25.7 Å². The van der Waals surface area contributed by atoms with Gasteiger partial charge in [0, 0.05) is 16.4 Å². The molecule has 1 heterocycles.